The van der Waals surface area contributed by atoms with E-state index in [1.807, 2.05) is 13.0 Å². The van der Waals surface area contributed by atoms with Gasteiger partial charge in [0.2, 0.25) is 0 Å². The summed E-state index contributed by atoms with van der Waals surface area (Å²) < 4.78 is 13.1. The van der Waals surface area contributed by atoms with E-state index in [2.05, 4.69) is 10.7 Å². The van der Waals surface area contributed by atoms with Gasteiger partial charge in [-0.05, 0) is 42.8 Å². The number of hydrogen-bond donors (Lipinski definition) is 3. The second-order valence-corrected chi connectivity index (χ2v) is 4.45. The molecule has 0 unspecified atom stereocenters. The number of nitriles is 1. The minimum absolute atomic E-state index is 0.0534. The third-order valence-electron chi connectivity index (χ3n) is 2.93. The van der Waals surface area contributed by atoms with Crippen LogP contribution in [0.5, 0.6) is 0 Å². The van der Waals surface area contributed by atoms with Gasteiger partial charge in [-0.2, -0.15) is 5.26 Å². The summed E-state index contributed by atoms with van der Waals surface area (Å²) >= 11 is 0. The fraction of sp³-hybridized carbons (Fsp3) is 0.0667. The van der Waals surface area contributed by atoms with Crippen LogP contribution >= 0.6 is 0 Å². The molecule has 0 spiro atoms. The third kappa shape index (κ3) is 3.16. The summed E-state index contributed by atoms with van der Waals surface area (Å²) in [7, 11) is 0. The molecule has 0 aliphatic carbocycles. The largest absolute Gasteiger partial charge is 0.323 e. The van der Waals surface area contributed by atoms with Crippen molar-refractivity contribution in [2.24, 2.45) is 5.84 Å². The van der Waals surface area contributed by atoms with Crippen LogP contribution < -0.4 is 16.6 Å². The molecule has 0 radical (unpaired) electrons. The van der Waals surface area contributed by atoms with Gasteiger partial charge in [0, 0.05) is 0 Å². The number of benzene rings is 2. The molecule has 0 aliphatic heterocycles. The fourth-order valence-corrected chi connectivity index (χ4v) is 1.88. The molecule has 4 N–H and O–H groups in total. The van der Waals surface area contributed by atoms with Crippen molar-refractivity contribution in [3.63, 3.8) is 0 Å². The first-order valence-corrected chi connectivity index (χ1v) is 6.13. The second kappa shape index (κ2) is 6.03. The molecule has 1 amide bonds. The van der Waals surface area contributed by atoms with Gasteiger partial charge < -0.3 is 10.7 Å². The van der Waals surface area contributed by atoms with E-state index in [9.17, 15) is 9.18 Å². The summed E-state index contributed by atoms with van der Waals surface area (Å²) in [6, 6.07) is 10.5. The van der Waals surface area contributed by atoms with Crippen LogP contribution in [0.3, 0.4) is 0 Å². The Labute approximate surface area is 121 Å². The van der Waals surface area contributed by atoms with Crippen LogP contribution in [0.2, 0.25) is 0 Å². The van der Waals surface area contributed by atoms with E-state index >= 15 is 0 Å². The molecule has 0 heterocycles. The van der Waals surface area contributed by atoms with E-state index < -0.39 is 11.7 Å². The standard InChI is InChI=1S/C15H13FN4O/c1-9-2-4-12(14(6-9)20-18)15(21)19-13-5-3-11(16)7-10(13)8-17/h2-7,20H,18H2,1H3,(H,19,21). The Bertz CT molecular complexity index is 737. The minimum atomic E-state index is -0.538. The molecule has 2 aromatic carbocycles. The van der Waals surface area contributed by atoms with Crippen molar-refractivity contribution in [3.05, 3.63) is 58.9 Å². The van der Waals surface area contributed by atoms with Gasteiger partial charge in [0.25, 0.3) is 5.91 Å². The molecule has 0 saturated carbocycles. The highest BCUT2D eigenvalue weighted by atomic mass is 19.1. The number of nitrogens with two attached hydrogens (primary N) is 1. The number of nitrogens with one attached hydrogen (secondary N) is 2. The van der Waals surface area contributed by atoms with Crippen molar-refractivity contribution in [2.75, 3.05) is 10.7 Å². The maximum absolute atomic E-state index is 13.1. The Hall–Kier alpha value is -2.91. The number of rotatable bonds is 3. The third-order valence-corrected chi connectivity index (χ3v) is 2.93. The molecule has 0 aliphatic rings. The van der Waals surface area contributed by atoms with E-state index in [-0.39, 0.29) is 11.3 Å². The van der Waals surface area contributed by atoms with Gasteiger partial charge in [0.15, 0.2) is 0 Å². The number of hydrazine groups is 1. The molecule has 0 saturated heterocycles. The second-order valence-electron chi connectivity index (χ2n) is 4.45. The zero-order valence-electron chi connectivity index (χ0n) is 11.3. The Kier molecular flexibility index (Phi) is 4.16. The molecule has 0 fully saturated rings. The Balaban J connectivity index is 2.33. The number of nitrogen functional groups attached to an aromatic ring is 1. The normalized spacial score (nSPS) is 9.81. The Morgan fingerprint density at radius 3 is 2.67 bits per heavy atom. The number of carbonyl (C=O) groups is 1. The van der Waals surface area contributed by atoms with Crippen LogP contribution in [-0.2, 0) is 0 Å². The van der Waals surface area contributed by atoms with Crippen molar-refractivity contribution >= 4 is 17.3 Å². The lowest BCUT2D eigenvalue weighted by Gasteiger charge is -2.11. The van der Waals surface area contributed by atoms with Gasteiger partial charge in [-0.3, -0.25) is 10.6 Å². The highest BCUT2D eigenvalue weighted by Crippen LogP contribution is 2.21. The Morgan fingerprint density at radius 2 is 2.00 bits per heavy atom. The van der Waals surface area contributed by atoms with Crippen LogP contribution in [0.4, 0.5) is 15.8 Å². The van der Waals surface area contributed by atoms with Crippen LogP contribution in [0, 0.1) is 24.1 Å². The van der Waals surface area contributed by atoms with Crippen molar-refractivity contribution < 1.29 is 9.18 Å². The molecule has 0 atom stereocenters. The molecule has 5 nitrogen and oxygen atoms in total. The quantitative estimate of drug-likeness (QED) is 0.596. The van der Waals surface area contributed by atoms with Crippen LogP contribution in [0.15, 0.2) is 36.4 Å². The first-order chi connectivity index (χ1) is 10.0. The highest BCUT2D eigenvalue weighted by Gasteiger charge is 2.13. The van der Waals surface area contributed by atoms with Crippen molar-refractivity contribution in [1.29, 1.82) is 5.26 Å². The van der Waals surface area contributed by atoms with Crippen LogP contribution in [0.25, 0.3) is 0 Å². The first-order valence-electron chi connectivity index (χ1n) is 6.13. The minimum Gasteiger partial charge on any atom is -0.323 e. The Morgan fingerprint density at radius 1 is 1.24 bits per heavy atom. The monoisotopic (exact) mass is 284 g/mol. The lowest BCUT2D eigenvalue weighted by Crippen LogP contribution is -2.18. The topological polar surface area (TPSA) is 90.9 Å². The molecular formula is C15H13FN4O. The summed E-state index contributed by atoms with van der Waals surface area (Å²) in [5, 5.41) is 11.5. The number of hydrogen-bond acceptors (Lipinski definition) is 4. The fourth-order valence-electron chi connectivity index (χ4n) is 1.88. The maximum Gasteiger partial charge on any atom is 0.257 e. The number of aryl methyl sites for hydroxylation is 1. The molecule has 106 valence electrons. The number of halogens is 1. The van der Waals surface area contributed by atoms with Crippen molar-refractivity contribution in [3.8, 4) is 6.07 Å². The molecule has 0 aromatic heterocycles. The SMILES string of the molecule is Cc1ccc(C(=O)Nc2ccc(F)cc2C#N)c(NN)c1. The van der Waals surface area contributed by atoms with Crippen molar-refractivity contribution in [2.45, 2.75) is 6.92 Å². The number of nitrogens with zero attached hydrogens (tertiary/aromatic N) is 1. The summed E-state index contributed by atoms with van der Waals surface area (Å²) in [5.41, 5.74) is 4.49. The van der Waals surface area contributed by atoms with E-state index in [1.54, 1.807) is 18.2 Å². The average Bonchev–Trinajstić information content (AvgIpc) is 2.48. The zero-order chi connectivity index (χ0) is 15.4. The van der Waals surface area contributed by atoms with Gasteiger partial charge >= 0.3 is 0 Å². The number of anilines is 2. The van der Waals surface area contributed by atoms with Crippen molar-refractivity contribution in [1.82, 2.24) is 0 Å². The van der Waals surface area contributed by atoms with E-state index in [0.29, 0.717) is 11.3 Å². The first kappa shape index (κ1) is 14.5. The lowest BCUT2D eigenvalue weighted by molar-refractivity contribution is 0.102. The average molecular weight is 284 g/mol. The smallest absolute Gasteiger partial charge is 0.257 e. The number of carbonyl (C=O) groups excluding carboxylic acids is 1. The summed E-state index contributed by atoms with van der Waals surface area (Å²) in [6.45, 7) is 1.87. The lowest BCUT2D eigenvalue weighted by atomic mass is 10.1. The van der Waals surface area contributed by atoms with Gasteiger partial charge in [-0.25, -0.2) is 4.39 Å². The predicted octanol–water partition coefficient (Wildman–Crippen LogP) is 2.54. The molecule has 6 heteroatoms. The molecule has 2 aromatic rings. The van der Waals surface area contributed by atoms with E-state index in [1.165, 1.54) is 12.1 Å². The van der Waals surface area contributed by atoms with Gasteiger partial charge in [0.1, 0.15) is 11.9 Å². The zero-order valence-corrected chi connectivity index (χ0v) is 11.3. The van der Waals surface area contributed by atoms with Gasteiger partial charge in [-0.1, -0.05) is 6.07 Å². The summed E-state index contributed by atoms with van der Waals surface area (Å²) in [4.78, 5) is 12.2. The highest BCUT2D eigenvalue weighted by molar-refractivity contribution is 6.08. The van der Waals surface area contributed by atoms with Crippen LogP contribution in [0.1, 0.15) is 21.5 Å². The van der Waals surface area contributed by atoms with Gasteiger partial charge in [0.05, 0.1) is 22.5 Å². The van der Waals surface area contributed by atoms with Crippen LogP contribution in [-0.4, -0.2) is 5.91 Å². The maximum atomic E-state index is 13.1. The molecular weight excluding hydrogens is 271 g/mol. The summed E-state index contributed by atoms with van der Waals surface area (Å²) in [6.07, 6.45) is 0. The predicted molar refractivity (Wildman–Crippen MR) is 78.1 cm³/mol. The van der Waals surface area contributed by atoms with E-state index in [0.717, 1.165) is 11.6 Å². The molecule has 0 bridgehead atoms. The summed E-state index contributed by atoms with van der Waals surface area (Å²) in [5.74, 6) is 4.42. The molecule has 21 heavy (non-hydrogen) atoms. The van der Waals surface area contributed by atoms with E-state index in [4.69, 9.17) is 11.1 Å². The number of amides is 1. The van der Waals surface area contributed by atoms with Gasteiger partial charge in [-0.15, -0.1) is 0 Å². The molecule has 2 rings (SSSR count).